The van der Waals surface area contributed by atoms with Gasteiger partial charge in [-0.25, -0.2) is 13.6 Å². The van der Waals surface area contributed by atoms with E-state index in [1.807, 2.05) is 19.1 Å². The topological polar surface area (TPSA) is 85.1 Å². The summed E-state index contributed by atoms with van der Waals surface area (Å²) < 4.78 is 22.3. The van der Waals surface area contributed by atoms with E-state index in [0.29, 0.717) is 0 Å². The van der Waals surface area contributed by atoms with Crippen molar-refractivity contribution < 1.29 is 8.42 Å². The standard InChI is InChI=1S/C13H15N3O2S/c1-10(11-6-8-15-9-7-11)16-12-2-4-13(5-3-12)19(14,17)18/h2-10,16H,1H3,(H2,14,17,18). The Balaban J connectivity index is 2.12. The molecule has 0 aliphatic carbocycles. The molecule has 2 rings (SSSR count). The molecule has 1 aromatic carbocycles. The number of primary sulfonamides is 1. The molecule has 19 heavy (non-hydrogen) atoms. The van der Waals surface area contributed by atoms with Gasteiger partial charge in [0.15, 0.2) is 0 Å². The molecule has 0 saturated carbocycles. The van der Waals surface area contributed by atoms with Crippen LogP contribution in [-0.4, -0.2) is 13.4 Å². The fraction of sp³-hybridized carbons (Fsp3) is 0.154. The largest absolute Gasteiger partial charge is 0.379 e. The Morgan fingerprint density at radius 3 is 2.21 bits per heavy atom. The first-order valence-electron chi connectivity index (χ1n) is 5.76. The van der Waals surface area contributed by atoms with Gasteiger partial charge in [-0.05, 0) is 48.9 Å². The highest BCUT2D eigenvalue weighted by Gasteiger charge is 2.08. The predicted octanol–water partition coefficient (Wildman–Crippen LogP) is 1.90. The van der Waals surface area contributed by atoms with E-state index in [4.69, 9.17) is 5.14 Å². The normalized spacial score (nSPS) is 12.9. The van der Waals surface area contributed by atoms with E-state index >= 15 is 0 Å². The van der Waals surface area contributed by atoms with Gasteiger partial charge in [0.2, 0.25) is 10.0 Å². The van der Waals surface area contributed by atoms with Crippen molar-refractivity contribution in [1.82, 2.24) is 4.98 Å². The van der Waals surface area contributed by atoms with Crippen molar-refractivity contribution in [3.63, 3.8) is 0 Å². The van der Waals surface area contributed by atoms with Crippen LogP contribution in [0.3, 0.4) is 0 Å². The lowest BCUT2D eigenvalue weighted by Crippen LogP contribution is -2.12. The van der Waals surface area contributed by atoms with Crippen LogP contribution < -0.4 is 10.5 Å². The minimum absolute atomic E-state index is 0.100. The van der Waals surface area contributed by atoms with Gasteiger partial charge in [-0.15, -0.1) is 0 Å². The first-order chi connectivity index (χ1) is 8.97. The summed E-state index contributed by atoms with van der Waals surface area (Å²) in [5.74, 6) is 0. The molecule has 0 aliphatic heterocycles. The fourth-order valence-corrected chi connectivity index (χ4v) is 2.24. The van der Waals surface area contributed by atoms with Crippen molar-refractivity contribution in [2.24, 2.45) is 5.14 Å². The van der Waals surface area contributed by atoms with E-state index < -0.39 is 10.0 Å². The Labute approximate surface area is 112 Å². The van der Waals surface area contributed by atoms with E-state index in [2.05, 4.69) is 10.3 Å². The first kappa shape index (κ1) is 13.5. The molecule has 0 radical (unpaired) electrons. The summed E-state index contributed by atoms with van der Waals surface area (Å²) in [4.78, 5) is 4.07. The molecule has 100 valence electrons. The highest BCUT2D eigenvalue weighted by Crippen LogP contribution is 2.19. The highest BCUT2D eigenvalue weighted by atomic mass is 32.2. The van der Waals surface area contributed by atoms with Gasteiger partial charge in [0.05, 0.1) is 4.90 Å². The van der Waals surface area contributed by atoms with Crippen LogP contribution in [0.25, 0.3) is 0 Å². The summed E-state index contributed by atoms with van der Waals surface area (Å²) >= 11 is 0. The second-order valence-corrected chi connectivity index (χ2v) is 5.78. The van der Waals surface area contributed by atoms with E-state index in [1.54, 1.807) is 24.5 Å². The molecule has 0 aliphatic rings. The minimum atomic E-state index is -3.64. The quantitative estimate of drug-likeness (QED) is 0.893. The van der Waals surface area contributed by atoms with Crippen molar-refractivity contribution >= 4 is 15.7 Å². The Morgan fingerprint density at radius 2 is 1.68 bits per heavy atom. The van der Waals surface area contributed by atoms with Crippen LogP contribution in [-0.2, 0) is 10.0 Å². The fourth-order valence-electron chi connectivity index (χ4n) is 1.73. The van der Waals surface area contributed by atoms with Gasteiger partial charge in [0.1, 0.15) is 0 Å². The maximum atomic E-state index is 11.1. The molecule has 0 spiro atoms. The number of pyridine rings is 1. The maximum Gasteiger partial charge on any atom is 0.238 e. The lowest BCUT2D eigenvalue weighted by Gasteiger charge is -2.15. The molecule has 0 bridgehead atoms. The molecule has 1 unspecified atom stereocenters. The van der Waals surface area contributed by atoms with Gasteiger partial charge < -0.3 is 5.32 Å². The van der Waals surface area contributed by atoms with Crippen molar-refractivity contribution in [3.8, 4) is 0 Å². The number of nitrogens with one attached hydrogen (secondary N) is 1. The average molecular weight is 277 g/mol. The van der Waals surface area contributed by atoms with Crippen LogP contribution in [0.4, 0.5) is 5.69 Å². The van der Waals surface area contributed by atoms with Crippen LogP contribution in [0.15, 0.2) is 53.7 Å². The zero-order chi connectivity index (χ0) is 13.9. The Bertz CT molecular complexity index is 639. The third-order valence-electron chi connectivity index (χ3n) is 2.77. The number of hydrogen-bond acceptors (Lipinski definition) is 4. The van der Waals surface area contributed by atoms with Gasteiger partial charge in [0, 0.05) is 24.1 Å². The SMILES string of the molecule is CC(Nc1ccc(S(N)(=O)=O)cc1)c1ccncc1. The first-order valence-corrected chi connectivity index (χ1v) is 7.31. The van der Waals surface area contributed by atoms with Crippen LogP contribution >= 0.6 is 0 Å². The Kier molecular flexibility index (Phi) is 3.82. The lowest BCUT2D eigenvalue weighted by atomic mass is 10.1. The molecule has 5 nitrogen and oxygen atoms in total. The van der Waals surface area contributed by atoms with Crippen molar-refractivity contribution in [2.45, 2.75) is 17.9 Å². The molecular formula is C13H15N3O2S. The molecule has 1 aromatic heterocycles. The molecule has 0 fully saturated rings. The van der Waals surface area contributed by atoms with E-state index in [0.717, 1.165) is 11.3 Å². The molecule has 0 saturated heterocycles. The van der Waals surface area contributed by atoms with E-state index in [-0.39, 0.29) is 10.9 Å². The van der Waals surface area contributed by atoms with Crippen molar-refractivity contribution in [3.05, 3.63) is 54.4 Å². The van der Waals surface area contributed by atoms with Crippen LogP contribution in [0, 0.1) is 0 Å². The number of nitrogens with zero attached hydrogens (tertiary/aromatic N) is 1. The monoisotopic (exact) mass is 277 g/mol. The second kappa shape index (κ2) is 5.38. The van der Waals surface area contributed by atoms with Gasteiger partial charge in [-0.1, -0.05) is 0 Å². The number of benzene rings is 1. The van der Waals surface area contributed by atoms with Gasteiger partial charge >= 0.3 is 0 Å². The van der Waals surface area contributed by atoms with Gasteiger partial charge in [-0.3, -0.25) is 4.98 Å². The van der Waals surface area contributed by atoms with Crippen LogP contribution in [0.1, 0.15) is 18.5 Å². The van der Waals surface area contributed by atoms with Crippen LogP contribution in [0.5, 0.6) is 0 Å². The van der Waals surface area contributed by atoms with Gasteiger partial charge in [-0.2, -0.15) is 0 Å². The molecular weight excluding hydrogens is 262 g/mol. The summed E-state index contributed by atoms with van der Waals surface area (Å²) in [6.07, 6.45) is 3.47. The molecule has 6 heteroatoms. The summed E-state index contributed by atoms with van der Waals surface area (Å²) in [6, 6.07) is 10.3. The zero-order valence-electron chi connectivity index (χ0n) is 10.4. The summed E-state index contributed by atoms with van der Waals surface area (Å²) in [5.41, 5.74) is 1.93. The molecule has 2 aromatic rings. The zero-order valence-corrected chi connectivity index (χ0v) is 11.3. The molecule has 3 N–H and O–H groups in total. The number of hydrogen-bond donors (Lipinski definition) is 2. The second-order valence-electron chi connectivity index (χ2n) is 4.22. The summed E-state index contributed by atoms with van der Waals surface area (Å²) in [6.45, 7) is 2.02. The third-order valence-corrected chi connectivity index (χ3v) is 3.70. The number of aromatic nitrogens is 1. The maximum absolute atomic E-state index is 11.1. The smallest absolute Gasteiger partial charge is 0.238 e. The average Bonchev–Trinajstić information content (AvgIpc) is 2.39. The predicted molar refractivity (Wildman–Crippen MR) is 74.1 cm³/mol. The highest BCUT2D eigenvalue weighted by molar-refractivity contribution is 7.89. The van der Waals surface area contributed by atoms with E-state index in [9.17, 15) is 8.42 Å². The lowest BCUT2D eigenvalue weighted by molar-refractivity contribution is 0.598. The van der Waals surface area contributed by atoms with Crippen LogP contribution in [0.2, 0.25) is 0 Å². The minimum Gasteiger partial charge on any atom is -0.379 e. The summed E-state index contributed by atoms with van der Waals surface area (Å²) in [7, 11) is -3.64. The van der Waals surface area contributed by atoms with E-state index in [1.165, 1.54) is 12.1 Å². The van der Waals surface area contributed by atoms with Crippen molar-refractivity contribution in [2.75, 3.05) is 5.32 Å². The Morgan fingerprint density at radius 1 is 1.11 bits per heavy atom. The number of rotatable bonds is 4. The number of sulfonamides is 1. The molecule has 0 amide bonds. The van der Waals surface area contributed by atoms with Crippen molar-refractivity contribution in [1.29, 1.82) is 0 Å². The number of nitrogens with two attached hydrogens (primary N) is 1. The number of anilines is 1. The third kappa shape index (κ3) is 3.52. The molecule has 1 atom stereocenters. The Hall–Kier alpha value is -1.92. The van der Waals surface area contributed by atoms with Gasteiger partial charge in [0.25, 0.3) is 0 Å². The summed E-state index contributed by atoms with van der Waals surface area (Å²) in [5, 5.41) is 8.32. The molecule has 1 heterocycles.